The lowest BCUT2D eigenvalue weighted by Gasteiger charge is -2.15. The SMILES string of the molecule is CCOc1ccc(-c2nc(CSC(C)C(=O)Nc3c(C)cccc3C)cs2)cc1. The van der Waals surface area contributed by atoms with Crippen molar-refractivity contribution < 1.29 is 9.53 Å². The maximum Gasteiger partial charge on any atom is 0.237 e. The Hall–Kier alpha value is -2.31. The molecular formula is C23H26N2O2S2. The van der Waals surface area contributed by atoms with Gasteiger partial charge in [0.2, 0.25) is 5.91 Å². The lowest BCUT2D eigenvalue weighted by atomic mass is 10.1. The van der Waals surface area contributed by atoms with Crippen LogP contribution in [0.3, 0.4) is 0 Å². The van der Waals surface area contributed by atoms with Crippen molar-refractivity contribution in [3.05, 3.63) is 64.7 Å². The van der Waals surface area contributed by atoms with Crippen molar-refractivity contribution in [1.82, 2.24) is 4.98 Å². The number of amides is 1. The molecule has 0 saturated carbocycles. The fourth-order valence-electron chi connectivity index (χ4n) is 2.89. The summed E-state index contributed by atoms with van der Waals surface area (Å²) in [6, 6.07) is 14.0. The number of hydrogen-bond donors (Lipinski definition) is 1. The lowest BCUT2D eigenvalue weighted by Crippen LogP contribution is -2.23. The molecule has 0 fully saturated rings. The molecule has 1 atom stereocenters. The van der Waals surface area contributed by atoms with Crippen molar-refractivity contribution in [3.8, 4) is 16.3 Å². The molecule has 3 aromatic rings. The topological polar surface area (TPSA) is 51.2 Å². The number of aryl methyl sites for hydroxylation is 2. The van der Waals surface area contributed by atoms with E-state index in [1.54, 1.807) is 23.1 Å². The van der Waals surface area contributed by atoms with Crippen molar-refractivity contribution in [2.24, 2.45) is 0 Å². The van der Waals surface area contributed by atoms with Crippen molar-refractivity contribution in [3.63, 3.8) is 0 Å². The van der Waals surface area contributed by atoms with E-state index in [1.807, 2.05) is 70.2 Å². The summed E-state index contributed by atoms with van der Waals surface area (Å²) in [4.78, 5) is 17.3. The number of nitrogens with zero attached hydrogens (tertiary/aromatic N) is 1. The van der Waals surface area contributed by atoms with Gasteiger partial charge < -0.3 is 10.1 Å². The third-order valence-corrected chi connectivity index (χ3v) is 6.66. The van der Waals surface area contributed by atoms with E-state index in [0.29, 0.717) is 12.4 Å². The Kier molecular flexibility index (Phi) is 7.34. The molecule has 0 saturated heterocycles. The van der Waals surface area contributed by atoms with E-state index >= 15 is 0 Å². The van der Waals surface area contributed by atoms with E-state index < -0.39 is 0 Å². The molecule has 0 aliphatic rings. The molecule has 3 rings (SSSR count). The van der Waals surface area contributed by atoms with Gasteiger partial charge in [-0.3, -0.25) is 4.79 Å². The number of hydrogen-bond acceptors (Lipinski definition) is 5. The first-order valence-electron chi connectivity index (χ1n) is 9.64. The van der Waals surface area contributed by atoms with Gasteiger partial charge in [0.05, 0.1) is 17.6 Å². The Bertz CT molecular complexity index is 947. The molecule has 0 radical (unpaired) electrons. The maximum atomic E-state index is 12.6. The highest BCUT2D eigenvalue weighted by atomic mass is 32.2. The molecule has 1 aromatic heterocycles. The van der Waals surface area contributed by atoms with Crippen LogP contribution < -0.4 is 10.1 Å². The summed E-state index contributed by atoms with van der Waals surface area (Å²) < 4.78 is 5.49. The molecule has 1 amide bonds. The van der Waals surface area contributed by atoms with Gasteiger partial charge in [0, 0.05) is 22.4 Å². The molecule has 6 heteroatoms. The van der Waals surface area contributed by atoms with Gasteiger partial charge in [-0.1, -0.05) is 18.2 Å². The summed E-state index contributed by atoms with van der Waals surface area (Å²) in [6.07, 6.45) is 0. The Balaban J connectivity index is 1.56. The maximum absolute atomic E-state index is 12.6. The van der Waals surface area contributed by atoms with Gasteiger partial charge >= 0.3 is 0 Å². The molecule has 0 aliphatic heterocycles. The Morgan fingerprint density at radius 2 is 1.86 bits per heavy atom. The van der Waals surface area contributed by atoms with E-state index in [4.69, 9.17) is 9.72 Å². The number of aromatic nitrogens is 1. The predicted molar refractivity (Wildman–Crippen MR) is 124 cm³/mol. The van der Waals surface area contributed by atoms with E-state index in [-0.39, 0.29) is 11.2 Å². The summed E-state index contributed by atoms with van der Waals surface area (Å²) in [6.45, 7) is 8.60. The summed E-state index contributed by atoms with van der Waals surface area (Å²) >= 11 is 3.22. The van der Waals surface area contributed by atoms with Crippen molar-refractivity contribution in [2.75, 3.05) is 11.9 Å². The molecule has 152 valence electrons. The number of ether oxygens (including phenoxy) is 1. The summed E-state index contributed by atoms with van der Waals surface area (Å²) in [5, 5.41) is 5.96. The fraction of sp³-hybridized carbons (Fsp3) is 0.304. The Labute approximate surface area is 180 Å². The van der Waals surface area contributed by atoms with Gasteiger partial charge in [0.1, 0.15) is 10.8 Å². The zero-order valence-electron chi connectivity index (χ0n) is 17.2. The van der Waals surface area contributed by atoms with Crippen LogP contribution in [0.5, 0.6) is 5.75 Å². The van der Waals surface area contributed by atoms with Crippen LogP contribution in [0.15, 0.2) is 47.8 Å². The molecule has 0 bridgehead atoms. The van der Waals surface area contributed by atoms with Gasteiger partial charge in [0.15, 0.2) is 0 Å². The van der Waals surface area contributed by atoms with E-state index in [1.165, 1.54) is 0 Å². The van der Waals surface area contributed by atoms with Gasteiger partial charge in [-0.2, -0.15) is 0 Å². The first-order chi connectivity index (χ1) is 14.0. The van der Waals surface area contributed by atoms with Crippen molar-refractivity contribution >= 4 is 34.7 Å². The minimum atomic E-state index is -0.162. The quantitative estimate of drug-likeness (QED) is 0.474. The number of thiazole rings is 1. The van der Waals surface area contributed by atoms with Crippen LogP contribution in [0.1, 0.15) is 30.7 Å². The highest BCUT2D eigenvalue weighted by molar-refractivity contribution is 7.99. The monoisotopic (exact) mass is 426 g/mol. The number of benzene rings is 2. The van der Waals surface area contributed by atoms with Gasteiger partial charge in [-0.25, -0.2) is 4.98 Å². The van der Waals surface area contributed by atoms with Crippen LogP contribution in [0.2, 0.25) is 0 Å². The van der Waals surface area contributed by atoms with Crippen molar-refractivity contribution in [1.29, 1.82) is 0 Å². The molecule has 1 heterocycles. The standard InChI is InChI=1S/C23H26N2O2S2/c1-5-27-20-11-9-18(10-12-20)23-24-19(14-29-23)13-28-17(4)22(26)25-21-15(2)7-6-8-16(21)3/h6-12,14,17H,5,13H2,1-4H3,(H,25,26). The highest BCUT2D eigenvalue weighted by Gasteiger charge is 2.16. The van der Waals surface area contributed by atoms with Crippen molar-refractivity contribution in [2.45, 2.75) is 38.7 Å². The van der Waals surface area contributed by atoms with Crippen LogP contribution in [-0.2, 0) is 10.5 Å². The summed E-state index contributed by atoms with van der Waals surface area (Å²) in [5.74, 6) is 1.59. The number of carbonyl (C=O) groups excluding carboxylic acids is 1. The number of thioether (sulfide) groups is 1. The predicted octanol–water partition coefficient (Wildman–Crippen LogP) is 6.09. The van der Waals surface area contributed by atoms with Crippen LogP contribution in [0.25, 0.3) is 10.6 Å². The third-order valence-electron chi connectivity index (χ3n) is 4.54. The Morgan fingerprint density at radius 3 is 2.52 bits per heavy atom. The second-order valence-corrected chi connectivity index (χ2v) is 9.00. The second kappa shape index (κ2) is 9.94. The normalized spacial score (nSPS) is 11.9. The number of anilines is 1. The second-order valence-electron chi connectivity index (χ2n) is 6.81. The first kappa shape index (κ1) is 21.4. The largest absolute Gasteiger partial charge is 0.494 e. The molecule has 0 aliphatic carbocycles. The highest BCUT2D eigenvalue weighted by Crippen LogP contribution is 2.28. The number of rotatable bonds is 8. The zero-order valence-corrected chi connectivity index (χ0v) is 18.8. The fourth-order valence-corrected chi connectivity index (χ4v) is 4.60. The first-order valence-corrected chi connectivity index (χ1v) is 11.6. The minimum absolute atomic E-state index is 0.0226. The molecular weight excluding hydrogens is 400 g/mol. The summed E-state index contributed by atoms with van der Waals surface area (Å²) in [5.41, 5.74) is 5.15. The lowest BCUT2D eigenvalue weighted by molar-refractivity contribution is -0.115. The van der Waals surface area contributed by atoms with Crippen LogP contribution >= 0.6 is 23.1 Å². The van der Waals surface area contributed by atoms with E-state index in [0.717, 1.165) is 38.8 Å². The number of nitrogens with one attached hydrogen (secondary N) is 1. The molecule has 4 nitrogen and oxygen atoms in total. The minimum Gasteiger partial charge on any atom is -0.494 e. The smallest absolute Gasteiger partial charge is 0.237 e. The van der Waals surface area contributed by atoms with Gasteiger partial charge in [0.25, 0.3) is 0 Å². The molecule has 2 aromatic carbocycles. The average Bonchev–Trinajstić information content (AvgIpc) is 3.19. The molecule has 0 spiro atoms. The number of para-hydroxylation sites is 1. The van der Waals surface area contributed by atoms with Crippen LogP contribution in [0.4, 0.5) is 5.69 Å². The average molecular weight is 427 g/mol. The molecule has 29 heavy (non-hydrogen) atoms. The van der Waals surface area contributed by atoms with E-state index in [9.17, 15) is 4.79 Å². The number of carbonyl (C=O) groups is 1. The molecule has 1 unspecified atom stereocenters. The van der Waals surface area contributed by atoms with Gasteiger partial charge in [-0.15, -0.1) is 23.1 Å². The van der Waals surface area contributed by atoms with Crippen LogP contribution in [0, 0.1) is 13.8 Å². The van der Waals surface area contributed by atoms with Crippen LogP contribution in [-0.4, -0.2) is 22.7 Å². The summed E-state index contributed by atoms with van der Waals surface area (Å²) in [7, 11) is 0. The molecule has 1 N–H and O–H groups in total. The van der Waals surface area contributed by atoms with Gasteiger partial charge in [-0.05, 0) is 63.1 Å². The zero-order chi connectivity index (χ0) is 20.8. The third kappa shape index (κ3) is 5.61. The van der Waals surface area contributed by atoms with E-state index in [2.05, 4.69) is 10.7 Å². The Morgan fingerprint density at radius 1 is 1.17 bits per heavy atom.